The molecule has 2 rings (SSSR count). The molecule has 2 atom stereocenters. The van der Waals surface area contributed by atoms with Gasteiger partial charge >= 0.3 is 0 Å². The number of carbonyl (C=O) groups is 1. The molecule has 0 aromatic heterocycles. The number of hydrogen-bond donors (Lipinski definition) is 2. The van der Waals surface area contributed by atoms with Crippen LogP contribution in [-0.4, -0.2) is 16.9 Å². The number of hydrogen-bond acceptors (Lipinski definition) is 4. The fourth-order valence-corrected chi connectivity index (χ4v) is 2.46. The monoisotopic (exact) mass is 281 g/mol. The lowest BCUT2D eigenvalue weighted by Gasteiger charge is -2.25. The second kappa shape index (κ2) is 5.96. The van der Waals surface area contributed by atoms with Gasteiger partial charge < -0.3 is 11.1 Å². The molecule has 2 unspecified atom stereocenters. The zero-order chi connectivity index (χ0) is 14.7. The minimum absolute atomic E-state index is 0.00125. The molecule has 1 aliphatic rings. The second-order valence-electron chi connectivity index (χ2n) is 5.07. The van der Waals surface area contributed by atoms with Crippen LogP contribution in [0.25, 0.3) is 0 Å². The van der Waals surface area contributed by atoms with Crippen LogP contribution in [0.2, 0.25) is 0 Å². The first kappa shape index (κ1) is 14.4. The van der Waals surface area contributed by atoms with Gasteiger partial charge in [-0.15, -0.1) is 0 Å². The maximum Gasteiger partial charge on any atom is 0.274 e. The number of anilines is 1. The molecule has 1 fully saturated rings. The average molecular weight is 281 g/mol. The van der Waals surface area contributed by atoms with Gasteiger partial charge in [0.15, 0.2) is 0 Å². The van der Waals surface area contributed by atoms with Crippen molar-refractivity contribution >= 4 is 17.3 Å². The van der Waals surface area contributed by atoms with Gasteiger partial charge in [0.2, 0.25) is 5.91 Å². The van der Waals surface area contributed by atoms with Crippen molar-refractivity contribution in [2.24, 2.45) is 11.7 Å². The standard InChI is InChI=1S/C13H16FN3O3/c14-9-5-11(7-12(6-9)17(19)20)16-13(18)8-2-1-3-10(15)4-8/h5-8,10H,1-4,15H2,(H,16,18). The van der Waals surface area contributed by atoms with Crippen LogP contribution in [0.15, 0.2) is 18.2 Å². The SMILES string of the molecule is NC1CCCC(C(=O)Nc2cc(F)cc([N+](=O)[O-])c2)C1. The van der Waals surface area contributed by atoms with E-state index in [1.165, 1.54) is 0 Å². The highest BCUT2D eigenvalue weighted by molar-refractivity contribution is 5.92. The van der Waals surface area contributed by atoms with Gasteiger partial charge in [-0.25, -0.2) is 4.39 Å². The normalized spacial score (nSPS) is 22.3. The van der Waals surface area contributed by atoms with Gasteiger partial charge in [-0.2, -0.15) is 0 Å². The van der Waals surface area contributed by atoms with Crippen molar-refractivity contribution < 1.29 is 14.1 Å². The molecule has 1 aromatic rings. The number of nitrogens with one attached hydrogen (secondary N) is 1. The van der Waals surface area contributed by atoms with E-state index in [0.717, 1.165) is 37.5 Å². The third-order valence-electron chi connectivity index (χ3n) is 3.45. The van der Waals surface area contributed by atoms with Crippen molar-refractivity contribution in [3.05, 3.63) is 34.1 Å². The Bertz CT molecular complexity index is 536. The predicted molar refractivity (Wildman–Crippen MR) is 71.6 cm³/mol. The number of benzene rings is 1. The quantitative estimate of drug-likeness (QED) is 0.655. The molecule has 6 nitrogen and oxygen atoms in total. The summed E-state index contributed by atoms with van der Waals surface area (Å²) >= 11 is 0. The molecule has 0 aliphatic heterocycles. The van der Waals surface area contributed by atoms with Crippen LogP contribution >= 0.6 is 0 Å². The van der Waals surface area contributed by atoms with E-state index in [-0.39, 0.29) is 29.2 Å². The molecule has 0 radical (unpaired) electrons. The zero-order valence-electron chi connectivity index (χ0n) is 10.8. The maximum absolute atomic E-state index is 13.3. The van der Waals surface area contributed by atoms with Crippen LogP contribution in [0.3, 0.4) is 0 Å². The molecule has 0 heterocycles. The Labute approximate surface area is 115 Å². The molecule has 1 saturated carbocycles. The lowest BCUT2D eigenvalue weighted by molar-refractivity contribution is -0.385. The molecule has 0 bridgehead atoms. The molecule has 7 heteroatoms. The van der Waals surface area contributed by atoms with E-state index < -0.39 is 10.7 Å². The number of rotatable bonds is 3. The summed E-state index contributed by atoms with van der Waals surface area (Å²) in [4.78, 5) is 22.0. The van der Waals surface area contributed by atoms with Crippen molar-refractivity contribution in [1.82, 2.24) is 0 Å². The van der Waals surface area contributed by atoms with Crippen LogP contribution in [0.4, 0.5) is 15.8 Å². The highest BCUT2D eigenvalue weighted by atomic mass is 19.1. The van der Waals surface area contributed by atoms with Gasteiger partial charge in [-0.1, -0.05) is 6.42 Å². The van der Waals surface area contributed by atoms with Gasteiger partial charge in [0.1, 0.15) is 5.82 Å². The zero-order valence-corrected chi connectivity index (χ0v) is 10.8. The van der Waals surface area contributed by atoms with Crippen molar-refractivity contribution in [2.45, 2.75) is 31.7 Å². The van der Waals surface area contributed by atoms with Crippen LogP contribution in [0, 0.1) is 21.8 Å². The first-order chi connectivity index (χ1) is 9.45. The molecule has 3 N–H and O–H groups in total. The smallest absolute Gasteiger partial charge is 0.274 e. The van der Waals surface area contributed by atoms with Gasteiger partial charge in [0.05, 0.1) is 16.7 Å². The molecular weight excluding hydrogens is 265 g/mol. The van der Waals surface area contributed by atoms with Gasteiger partial charge in [0.25, 0.3) is 5.69 Å². The van der Waals surface area contributed by atoms with E-state index in [9.17, 15) is 19.3 Å². The first-order valence-corrected chi connectivity index (χ1v) is 6.47. The van der Waals surface area contributed by atoms with Crippen LogP contribution < -0.4 is 11.1 Å². The third-order valence-corrected chi connectivity index (χ3v) is 3.45. The number of nitro benzene ring substituents is 1. The molecule has 1 aliphatic carbocycles. The number of nitrogens with two attached hydrogens (primary N) is 1. The molecule has 0 spiro atoms. The van der Waals surface area contributed by atoms with Crippen LogP contribution in [0.5, 0.6) is 0 Å². The number of nitrogens with zero attached hydrogens (tertiary/aromatic N) is 1. The lowest BCUT2D eigenvalue weighted by Crippen LogP contribution is -2.34. The van der Waals surface area contributed by atoms with Gasteiger partial charge in [-0.05, 0) is 25.3 Å². The molecular formula is C13H16FN3O3. The molecule has 20 heavy (non-hydrogen) atoms. The average Bonchev–Trinajstić information content (AvgIpc) is 2.37. The fraction of sp³-hybridized carbons (Fsp3) is 0.462. The maximum atomic E-state index is 13.3. The number of nitro groups is 1. The van der Waals surface area contributed by atoms with Crippen LogP contribution in [0.1, 0.15) is 25.7 Å². The fourth-order valence-electron chi connectivity index (χ4n) is 2.46. The molecule has 0 saturated heterocycles. The summed E-state index contributed by atoms with van der Waals surface area (Å²) in [5, 5.41) is 13.2. The Kier molecular flexibility index (Phi) is 4.29. The van der Waals surface area contributed by atoms with Crippen molar-refractivity contribution in [2.75, 3.05) is 5.32 Å². The number of carbonyl (C=O) groups excluding carboxylic acids is 1. The summed E-state index contributed by atoms with van der Waals surface area (Å²) in [6.45, 7) is 0. The minimum atomic E-state index is -0.755. The Hall–Kier alpha value is -2.02. The van der Waals surface area contributed by atoms with Crippen LogP contribution in [-0.2, 0) is 4.79 Å². The van der Waals surface area contributed by atoms with Gasteiger partial charge in [0, 0.05) is 18.0 Å². The Morgan fingerprint density at radius 3 is 2.80 bits per heavy atom. The van der Waals surface area contributed by atoms with Crippen molar-refractivity contribution in [3.8, 4) is 0 Å². The first-order valence-electron chi connectivity index (χ1n) is 6.47. The Morgan fingerprint density at radius 2 is 2.15 bits per heavy atom. The Balaban J connectivity index is 2.09. The van der Waals surface area contributed by atoms with E-state index in [1.54, 1.807) is 0 Å². The summed E-state index contributed by atoms with van der Waals surface area (Å²) in [6, 6.07) is 3.02. The van der Waals surface area contributed by atoms with E-state index in [1.807, 2.05) is 0 Å². The lowest BCUT2D eigenvalue weighted by atomic mass is 9.85. The summed E-state index contributed by atoms with van der Waals surface area (Å²) in [5.41, 5.74) is 5.52. The largest absolute Gasteiger partial charge is 0.328 e. The summed E-state index contributed by atoms with van der Waals surface area (Å²) < 4.78 is 13.3. The molecule has 1 aromatic carbocycles. The van der Waals surface area contributed by atoms with E-state index in [0.29, 0.717) is 6.42 Å². The summed E-state index contributed by atoms with van der Waals surface area (Å²) in [5.74, 6) is -1.24. The Morgan fingerprint density at radius 1 is 1.40 bits per heavy atom. The second-order valence-corrected chi connectivity index (χ2v) is 5.07. The highest BCUT2D eigenvalue weighted by Crippen LogP contribution is 2.26. The summed E-state index contributed by atoms with van der Waals surface area (Å²) in [7, 11) is 0. The van der Waals surface area contributed by atoms with E-state index >= 15 is 0 Å². The minimum Gasteiger partial charge on any atom is -0.328 e. The molecule has 1 amide bonds. The number of non-ortho nitro benzene ring substituents is 1. The third kappa shape index (κ3) is 3.51. The molecule has 108 valence electrons. The van der Waals surface area contributed by atoms with Crippen molar-refractivity contribution in [3.63, 3.8) is 0 Å². The van der Waals surface area contributed by atoms with E-state index in [2.05, 4.69) is 5.32 Å². The van der Waals surface area contributed by atoms with E-state index in [4.69, 9.17) is 5.73 Å². The highest BCUT2D eigenvalue weighted by Gasteiger charge is 2.25. The topological polar surface area (TPSA) is 98.3 Å². The number of amides is 1. The summed E-state index contributed by atoms with van der Waals surface area (Å²) in [6.07, 6.45) is 3.10. The van der Waals surface area contributed by atoms with Crippen molar-refractivity contribution in [1.29, 1.82) is 0 Å². The number of halogens is 1. The predicted octanol–water partition coefficient (Wildman–Crippen LogP) is 2.19. The van der Waals surface area contributed by atoms with Gasteiger partial charge in [-0.3, -0.25) is 14.9 Å².